The molecule has 3 heterocycles. The van der Waals surface area contributed by atoms with Crippen molar-refractivity contribution in [3.05, 3.63) is 53.9 Å². The maximum absolute atomic E-state index is 13.1. The minimum atomic E-state index is -0.427. The zero-order valence-electron chi connectivity index (χ0n) is 16.0. The van der Waals surface area contributed by atoms with Crippen LogP contribution < -0.4 is 10.1 Å². The number of pyridine rings is 1. The lowest BCUT2D eigenvalue weighted by Gasteiger charge is -2.26. The first-order valence-corrected chi connectivity index (χ1v) is 9.46. The van der Waals surface area contributed by atoms with Crippen molar-refractivity contribution in [1.29, 1.82) is 0 Å². The molecule has 2 amide bonds. The van der Waals surface area contributed by atoms with Gasteiger partial charge in [-0.25, -0.2) is 4.98 Å². The van der Waals surface area contributed by atoms with Gasteiger partial charge in [0.2, 0.25) is 11.6 Å². The Morgan fingerprint density at radius 1 is 1.17 bits per heavy atom. The number of benzene rings is 1. The van der Waals surface area contributed by atoms with E-state index in [1.165, 1.54) is 0 Å². The van der Waals surface area contributed by atoms with E-state index >= 15 is 0 Å². The number of carbonyl (C=O) groups excluding carboxylic acids is 2. The largest absolute Gasteiger partial charge is 0.477 e. The number of morpholine rings is 1. The number of hydrogen-bond donors (Lipinski definition) is 1. The molecule has 1 aliphatic heterocycles. The van der Waals surface area contributed by atoms with Crippen LogP contribution in [0.25, 0.3) is 11.0 Å². The first-order chi connectivity index (χ1) is 14.2. The number of hydrogen-bond acceptors (Lipinski definition) is 6. The maximum Gasteiger partial charge on any atom is 0.291 e. The fourth-order valence-electron chi connectivity index (χ4n) is 3.23. The number of furan rings is 1. The Hall–Kier alpha value is -3.39. The van der Waals surface area contributed by atoms with Crippen LogP contribution in [0.1, 0.15) is 27.8 Å². The zero-order valence-corrected chi connectivity index (χ0v) is 16.0. The number of anilines is 1. The third kappa shape index (κ3) is 3.79. The molecule has 1 saturated heterocycles. The monoisotopic (exact) mass is 395 g/mol. The quantitative estimate of drug-likeness (QED) is 0.714. The highest BCUT2D eigenvalue weighted by molar-refractivity contribution is 6.15. The predicted molar refractivity (Wildman–Crippen MR) is 106 cm³/mol. The van der Waals surface area contributed by atoms with Gasteiger partial charge in [-0.1, -0.05) is 12.1 Å². The van der Waals surface area contributed by atoms with Crippen molar-refractivity contribution < 1.29 is 23.5 Å². The molecule has 0 radical (unpaired) electrons. The van der Waals surface area contributed by atoms with Crippen LogP contribution in [-0.4, -0.2) is 54.6 Å². The highest BCUT2D eigenvalue weighted by atomic mass is 16.5. The van der Waals surface area contributed by atoms with Crippen molar-refractivity contribution in [2.45, 2.75) is 6.92 Å². The molecule has 0 saturated carbocycles. The number of fused-ring (bicyclic) bond motifs is 1. The summed E-state index contributed by atoms with van der Waals surface area (Å²) in [7, 11) is 0. The van der Waals surface area contributed by atoms with Crippen molar-refractivity contribution in [2.75, 3.05) is 38.2 Å². The summed E-state index contributed by atoms with van der Waals surface area (Å²) >= 11 is 0. The van der Waals surface area contributed by atoms with Crippen LogP contribution in [0.4, 0.5) is 5.69 Å². The highest BCUT2D eigenvalue weighted by Crippen LogP contribution is 2.32. The summed E-state index contributed by atoms with van der Waals surface area (Å²) in [6.07, 6.45) is 1.56. The molecule has 1 aromatic carbocycles. The van der Waals surface area contributed by atoms with Crippen LogP contribution >= 0.6 is 0 Å². The normalized spacial score (nSPS) is 14.0. The van der Waals surface area contributed by atoms with E-state index in [0.29, 0.717) is 49.6 Å². The Bertz CT molecular complexity index is 1040. The topological polar surface area (TPSA) is 93.9 Å². The summed E-state index contributed by atoms with van der Waals surface area (Å²) in [5, 5.41) is 3.49. The lowest BCUT2D eigenvalue weighted by molar-refractivity contribution is 0.0285. The number of amides is 2. The Morgan fingerprint density at radius 3 is 2.76 bits per heavy atom. The first-order valence-electron chi connectivity index (χ1n) is 9.46. The molecule has 0 spiro atoms. The van der Waals surface area contributed by atoms with Crippen LogP contribution in [0.3, 0.4) is 0 Å². The summed E-state index contributed by atoms with van der Waals surface area (Å²) in [5.41, 5.74) is 1.15. The molecule has 0 atom stereocenters. The summed E-state index contributed by atoms with van der Waals surface area (Å²) in [4.78, 5) is 31.8. The van der Waals surface area contributed by atoms with E-state index < -0.39 is 5.91 Å². The molecule has 1 aliphatic rings. The van der Waals surface area contributed by atoms with E-state index in [4.69, 9.17) is 13.9 Å². The molecular weight excluding hydrogens is 374 g/mol. The molecule has 0 bridgehead atoms. The molecule has 0 unspecified atom stereocenters. The van der Waals surface area contributed by atoms with Crippen LogP contribution in [0, 0.1) is 0 Å². The second kappa shape index (κ2) is 8.32. The van der Waals surface area contributed by atoms with Crippen molar-refractivity contribution in [3.8, 4) is 5.88 Å². The molecule has 1 fully saturated rings. The third-order valence-electron chi connectivity index (χ3n) is 4.62. The van der Waals surface area contributed by atoms with Gasteiger partial charge in [-0.2, -0.15) is 0 Å². The number of carbonyl (C=O) groups is 2. The van der Waals surface area contributed by atoms with Gasteiger partial charge >= 0.3 is 0 Å². The van der Waals surface area contributed by atoms with Crippen LogP contribution in [-0.2, 0) is 4.74 Å². The summed E-state index contributed by atoms with van der Waals surface area (Å²) in [5.74, 6) is -0.371. The molecule has 1 N–H and O–H groups in total. The Balaban J connectivity index is 1.71. The van der Waals surface area contributed by atoms with Crippen LogP contribution in [0.5, 0.6) is 5.88 Å². The first kappa shape index (κ1) is 18.9. The van der Waals surface area contributed by atoms with E-state index in [1.54, 1.807) is 35.4 Å². The standard InChI is InChI=1S/C21H21N3O5/c1-2-28-20-15(7-5-9-22-20)19(25)23-17-14-6-3-4-8-16(14)29-18(17)21(26)24-10-12-27-13-11-24/h3-9H,2,10-13H2,1H3,(H,23,25). The average molecular weight is 395 g/mol. The minimum absolute atomic E-state index is 0.100. The molecule has 8 heteroatoms. The number of nitrogens with one attached hydrogen (secondary N) is 1. The minimum Gasteiger partial charge on any atom is -0.477 e. The molecule has 0 aliphatic carbocycles. The predicted octanol–water partition coefficient (Wildman–Crippen LogP) is 2.95. The molecule has 3 aromatic rings. The SMILES string of the molecule is CCOc1ncccc1C(=O)Nc1c(C(=O)N2CCOCC2)oc2ccccc12. The van der Waals surface area contributed by atoms with E-state index in [-0.39, 0.29) is 23.1 Å². The van der Waals surface area contributed by atoms with Crippen molar-refractivity contribution in [3.63, 3.8) is 0 Å². The number of ether oxygens (including phenoxy) is 2. The summed E-state index contributed by atoms with van der Waals surface area (Å²) in [6, 6.07) is 10.5. The number of nitrogens with zero attached hydrogens (tertiary/aromatic N) is 2. The number of rotatable bonds is 5. The molecule has 150 valence electrons. The zero-order chi connectivity index (χ0) is 20.2. The van der Waals surface area contributed by atoms with Gasteiger partial charge < -0.3 is 24.1 Å². The Morgan fingerprint density at radius 2 is 1.97 bits per heavy atom. The second-order valence-corrected chi connectivity index (χ2v) is 6.45. The third-order valence-corrected chi connectivity index (χ3v) is 4.62. The van der Waals surface area contributed by atoms with Crippen LogP contribution in [0.15, 0.2) is 47.0 Å². The van der Waals surface area contributed by atoms with Gasteiger partial charge in [-0.05, 0) is 31.2 Å². The maximum atomic E-state index is 13.1. The number of para-hydroxylation sites is 1. The number of aromatic nitrogens is 1. The van der Waals surface area contributed by atoms with E-state index in [2.05, 4.69) is 10.3 Å². The van der Waals surface area contributed by atoms with E-state index in [9.17, 15) is 9.59 Å². The van der Waals surface area contributed by atoms with Gasteiger partial charge in [-0.15, -0.1) is 0 Å². The van der Waals surface area contributed by atoms with Gasteiger partial charge in [0.25, 0.3) is 11.8 Å². The fourth-order valence-corrected chi connectivity index (χ4v) is 3.23. The van der Waals surface area contributed by atoms with Gasteiger partial charge in [0.05, 0.1) is 19.8 Å². The molecular formula is C21H21N3O5. The fraction of sp³-hybridized carbons (Fsp3) is 0.286. The van der Waals surface area contributed by atoms with Gasteiger partial charge in [-0.3, -0.25) is 9.59 Å². The summed E-state index contributed by atoms with van der Waals surface area (Å²) < 4.78 is 16.6. The highest BCUT2D eigenvalue weighted by Gasteiger charge is 2.28. The molecule has 4 rings (SSSR count). The molecule has 29 heavy (non-hydrogen) atoms. The smallest absolute Gasteiger partial charge is 0.291 e. The molecule has 8 nitrogen and oxygen atoms in total. The van der Waals surface area contributed by atoms with Gasteiger partial charge in [0, 0.05) is 24.7 Å². The van der Waals surface area contributed by atoms with Crippen molar-refractivity contribution in [2.24, 2.45) is 0 Å². The molecule has 2 aromatic heterocycles. The van der Waals surface area contributed by atoms with Crippen molar-refractivity contribution >= 4 is 28.5 Å². The van der Waals surface area contributed by atoms with Gasteiger partial charge in [0.1, 0.15) is 16.8 Å². The van der Waals surface area contributed by atoms with Gasteiger partial charge in [0.15, 0.2) is 0 Å². The van der Waals surface area contributed by atoms with E-state index in [0.717, 1.165) is 0 Å². The Labute approximate surface area is 167 Å². The Kier molecular flexibility index (Phi) is 5.44. The van der Waals surface area contributed by atoms with Crippen LogP contribution in [0.2, 0.25) is 0 Å². The van der Waals surface area contributed by atoms with Crippen molar-refractivity contribution in [1.82, 2.24) is 9.88 Å². The lowest BCUT2D eigenvalue weighted by atomic mass is 10.2. The summed E-state index contributed by atoms with van der Waals surface area (Å²) in [6.45, 7) is 4.09. The lowest BCUT2D eigenvalue weighted by Crippen LogP contribution is -2.40. The van der Waals surface area contributed by atoms with E-state index in [1.807, 2.05) is 19.1 Å². The second-order valence-electron chi connectivity index (χ2n) is 6.45. The average Bonchev–Trinajstić information content (AvgIpc) is 3.13.